The van der Waals surface area contributed by atoms with Crippen LogP contribution in [-0.2, 0) is 25.6 Å². The molecule has 0 aromatic carbocycles. The zero-order valence-electron chi connectivity index (χ0n) is 13.7. The molecule has 2 atom stereocenters. The topological polar surface area (TPSA) is 160 Å². The van der Waals surface area contributed by atoms with E-state index in [1.54, 1.807) is 0 Å². The summed E-state index contributed by atoms with van der Waals surface area (Å²) in [5.41, 5.74) is 2.19. The third-order valence-corrected chi connectivity index (χ3v) is 5.96. The number of rotatable bonds is 7. The predicted octanol–water partition coefficient (Wildman–Crippen LogP) is -1.06. The normalized spacial score (nSPS) is 21.2. The van der Waals surface area contributed by atoms with Crippen molar-refractivity contribution in [2.75, 3.05) is 5.75 Å². The number of hydrogen-bond donors (Lipinski definition) is 3. The molecule has 1 unspecified atom stereocenters. The average Bonchev–Trinajstić information content (AvgIpc) is 3.12. The number of aliphatic carboxylic acids is 1. The van der Waals surface area contributed by atoms with E-state index in [0.29, 0.717) is 12.0 Å². The standard InChI is InChI=1S/C15H14N4O5S2.H2O/c20-7-17-16-5-8-6-26-14-11(13(22)19(14)12(8)15(23)24)18-10(21)4-9-2-1-3-25-9;/h1-3,5,7,11,14H,4,6H2,(H,17,20)(H,18,21)(H,23,24);1H2/b16-5+;/t11?,14-;/m1./s1. The Hall–Kier alpha value is -2.70. The second kappa shape index (κ2) is 8.79. The van der Waals surface area contributed by atoms with Crippen LogP contribution in [0, 0.1) is 0 Å². The van der Waals surface area contributed by atoms with Crippen molar-refractivity contribution in [1.82, 2.24) is 15.6 Å². The van der Waals surface area contributed by atoms with Crippen LogP contribution >= 0.6 is 23.1 Å². The van der Waals surface area contributed by atoms with Gasteiger partial charge in [-0.3, -0.25) is 19.3 Å². The molecule has 5 N–H and O–H groups in total. The first-order valence-corrected chi connectivity index (χ1v) is 9.41. The van der Waals surface area contributed by atoms with Gasteiger partial charge in [-0.25, -0.2) is 10.2 Å². The minimum absolute atomic E-state index is 0. The van der Waals surface area contributed by atoms with Gasteiger partial charge in [0, 0.05) is 16.2 Å². The number of amides is 3. The molecule has 10 nitrogen and oxygen atoms in total. The van der Waals surface area contributed by atoms with E-state index in [1.165, 1.54) is 29.3 Å². The van der Waals surface area contributed by atoms with Crippen molar-refractivity contribution in [3.8, 4) is 0 Å². The first kappa shape index (κ1) is 20.6. The molecule has 0 saturated carbocycles. The van der Waals surface area contributed by atoms with E-state index in [2.05, 4.69) is 15.8 Å². The monoisotopic (exact) mass is 412 g/mol. The molecule has 0 spiro atoms. The molecule has 3 heterocycles. The number of nitrogens with zero attached hydrogens (tertiary/aromatic N) is 2. The molecule has 3 rings (SSSR count). The maximum atomic E-state index is 12.4. The molecule has 1 aromatic heterocycles. The summed E-state index contributed by atoms with van der Waals surface area (Å²) >= 11 is 2.78. The van der Waals surface area contributed by atoms with Gasteiger partial charge in [0.25, 0.3) is 5.91 Å². The second-order valence-electron chi connectivity index (χ2n) is 5.40. The number of fused-ring (bicyclic) bond motifs is 1. The van der Waals surface area contributed by atoms with Crippen LogP contribution < -0.4 is 10.7 Å². The van der Waals surface area contributed by atoms with Gasteiger partial charge in [-0.15, -0.1) is 23.1 Å². The largest absolute Gasteiger partial charge is 0.477 e. The lowest BCUT2D eigenvalue weighted by Gasteiger charge is -2.49. The van der Waals surface area contributed by atoms with Gasteiger partial charge in [0.05, 0.1) is 12.6 Å². The van der Waals surface area contributed by atoms with Gasteiger partial charge >= 0.3 is 5.97 Å². The molecule has 1 saturated heterocycles. The number of carboxylic acid groups (broad SMARTS) is 1. The van der Waals surface area contributed by atoms with E-state index in [1.807, 2.05) is 17.5 Å². The van der Waals surface area contributed by atoms with Crippen molar-refractivity contribution in [2.45, 2.75) is 17.8 Å². The average molecular weight is 412 g/mol. The summed E-state index contributed by atoms with van der Waals surface area (Å²) in [6, 6.07) is 2.92. The van der Waals surface area contributed by atoms with Crippen molar-refractivity contribution in [1.29, 1.82) is 0 Å². The lowest BCUT2D eigenvalue weighted by atomic mass is 10.0. The SMILES string of the molecule is O.O=CN/N=C/C1=C(C(=O)O)N2C(=O)C(NC(=O)Cc3cccs3)[C@H]2SC1. The molecule has 1 fully saturated rings. The van der Waals surface area contributed by atoms with Crippen molar-refractivity contribution in [3.05, 3.63) is 33.7 Å². The van der Waals surface area contributed by atoms with E-state index in [-0.39, 0.29) is 29.3 Å². The molecular formula is C15H16N4O6S2. The van der Waals surface area contributed by atoms with E-state index in [4.69, 9.17) is 0 Å². The predicted molar refractivity (Wildman–Crippen MR) is 99.0 cm³/mol. The highest BCUT2D eigenvalue weighted by Gasteiger charge is 2.54. The van der Waals surface area contributed by atoms with Gasteiger partial charge in [-0.2, -0.15) is 5.10 Å². The molecule has 27 heavy (non-hydrogen) atoms. The molecular weight excluding hydrogens is 396 g/mol. The Morgan fingerprint density at radius 1 is 1.44 bits per heavy atom. The van der Waals surface area contributed by atoms with Gasteiger partial charge in [0.1, 0.15) is 17.1 Å². The van der Waals surface area contributed by atoms with Crippen LogP contribution in [0.4, 0.5) is 0 Å². The number of carbonyl (C=O) groups excluding carboxylic acids is 3. The fraction of sp³-hybridized carbons (Fsp3) is 0.267. The van der Waals surface area contributed by atoms with E-state index >= 15 is 0 Å². The minimum atomic E-state index is -1.26. The Bertz CT molecular complexity index is 807. The minimum Gasteiger partial charge on any atom is -0.477 e. The summed E-state index contributed by atoms with van der Waals surface area (Å²) in [6.07, 6.45) is 1.73. The van der Waals surface area contributed by atoms with Crippen LogP contribution in [0.25, 0.3) is 0 Å². The van der Waals surface area contributed by atoms with Crippen molar-refractivity contribution < 1.29 is 29.8 Å². The summed E-state index contributed by atoms with van der Waals surface area (Å²) in [5.74, 6) is -1.74. The van der Waals surface area contributed by atoms with Gasteiger partial charge in [0.2, 0.25) is 12.3 Å². The number of thioether (sulfide) groups is 1. The Labute approximate surface area is 161 Å². The fourth-order valence-corrected chi connectivity index (χ4v) is 4.68. The summed E-state index contributed by atoms with van der Waals surface area (Å²) < 4.78 is 0. The number of nitrogens with one attached hydrogen (secondary N) is 2. The molecule has 144 valence electrons. The highest BCUT2D eigenvalue weighted by Crippen LogP contribution is 2.39. The third kappa shape index (κ3) is 4.18. The lowest BCUT2D eigenvalue weighted by Crippen LogP contribution is -2.70. The van der Waals surface area contributed by atoms with Crippen molar-refractivity contribution in [2.24, 2.45) is 5.10 Å². The maximum absolute atomic E-state index is 12.4. The number of carbonyl (C=O) groups is 4. The Morgan fingerprint density at radius 3 is 2.85 bits per heavy atom. The van der Waals surface area contributed by atoms with Crippen LogP contribution in [0.15, 0.2) is 33.9 Å². The van der Waals surface area contributed by atoms with Crippen LogP contribution in [0.3, 0.4) is 0 Å². The molecule has 0 bridgehead atoms. The highest BCUT2D eigenvalue weighted by molar-refractivity contribution is 8.00. The van der Waals surface area contributed by atoms with Crippen LogP contribution in [0.2, 0.25) is 0 Å². The summed E-state index contributed by atoms with van der Waals surface area (Å²) in [6.45, 7) is 0. The maximum Gasteiger partial charge on any atom is 0.353 e. The molecule has 0 aliphatic carbocycles. The Kier molecular flexibility index (Phi) is 6.71. The fourth-order valence-electron chi connectivity index (χ4n) is 2.68. The molecule has 2 aliphatic heterocycles. The number of carboxylic acids is 1. The smallest absolute Gasteiger partial charge is 0.353 e. The summed E-state index contributed by atoms with van der Waals surface area (Å²) in [4.78, 5) is 48.4. The van der Waals surface area contributed by atoms with Crippen LogP contribution in [0.1, 0.15) is 4.88 Å². The highest BCUT2D eigenvalue weighted by atomic mass is 32.2. The summed E-state index contributed by atoms with van der Waals surface area (Å²) in [5, 5.41) is 17.1. The van der Waals surface area contributed by atoms with Crippen LogP contribution in [-0.4, -0.2) is 63.1 Å². The lowest BCUT2D eigenvalue weighted by molar-refractivity contribution is -0.150. The first-order chi connectivity index (χ1) is 12.5. The van der Waals surface area contributed by atoms with Gasteiger partial charge in [-0.05, 0) is 11.4 Å². The molecule has 3 amide bonds. The van der Waals surface area contributed by atoms with Crippen LogP contribution in [0.5, 0.6) is 0 Å². The zero-order valence-corrected chi connectivity index (χ0v) is 15.4. The molecule has 1 aromatic rings. The molecule has 2 aliphatic rings. The number of β-lactam (4-membered cyclic amide) rings is 1. The quantitative estimate of drug-likeness (QED) is 0.224. The van der Waals surface area contributed by atoms with E-state index < -0.39 is 23.3 Å². The zero-order chi connectivity index (χ0) is 18.7. The van der Waals surface area contributed by atoms with E-state index in [9.17, 15) is 24.3 Å². The van der Waals surface area contributed by atoms with Crippen molar-refractivity contribution >= 4 is 53.5 Å². The van der Waals surface area contributed by atoms with E-state index in [0.717, 1.165) is 9.78 Å². The van der Waals surface area contributed by atoms with Crippen molar-refractivity contribution in [3.63, 3.8) is 0 Å². The number of thiophene rings is 1. The summed E-state index contributed by atoms with van der Waals surface area (Å²) in [7, 11) is 0. The Balaban J connectivity index is 0.00000261. The first-order valence-electron chi connectivity index (χ1n) is 7.48. The third-order valence-electron chi connectivity index (χ3n) is 3.78. The van der Waals surface area contributed by atoms with Gasteiger partial charge in [-0.1, -0.05) is 6.07 Å². The number of hydrazone groups is 1. The molecule has 12 heteroatoms. The van der Waals surface area contributed by atoms with Gasteiger partial charge < -0.3 is 15.9 Å². The Morgan fingerprint density at radius 2 is 2.22 bits per heavy atom. The second-order valence-corrected chi connectivity index (χ2v) is 7.53. The molecule has 0 radical (unpaired) electrons. The number of hydrogen-bond acceptors (Lipinski definition) is 7. The van der Waals surface area contributed by atoms with Gasteiger partial charge in [0.15, 0.2) is 0 Å².